The van der Waals surface area contributed by atoms with Gasteiger partial charge in [-0.1, -0.05) is 22.4 Å². The predicted octanol–water partition coefficient (Wildman–Crippen LogP) is 3.79. The maximum atomic E-state index is 12.7. The summed E-state index contributed by atoms with van der Waals surface area (Å²) in [6.07, 6.45) is 2.73. The Morgan fingerprint density at radius 1 is 1.43 bits per heavy atom. The van der Waals surface area contributed by atoms with E-state index in [0.717, 1.165) is 4.90 Å². The Hall–Kier alpha value is 0.0239. The zero-order valence-electron chi connectivity index (χ0n) is 12.5. The van der Waals surface area contributed by atoms with Gasteiger partial charge in [-0.2, -0.15) is 5.56 Å². The first-order valence-electron chi connectivity index (χ1n) is 6.59. The summed E-state index contributed by atoms with van der Waals surface area (Å²) in [5.74, 6) is 0.867. The number of hydrogen-bond donors (Lipinski definition) is 0. The van der Waals surface area contributed by atoms with E-state index >= 15 is 0 Å². The van der Waals surface area contributed by atoms with E-state index in [1.165, 1.54) is 0 Å². The number of allylic oxidation sites excluding steroid dienone is 1. The van der Waals surface area contributed by atoms with E-state index in [9.17, 15) is 13.6 Å². The van der Waals surface area contributed by atoms with Gasteiger partial charge in [-0.25, -0.2) is 14.9 Å². The quantitative estimate of drug-likeness (QED) is 0.353. The second-order valence-corrected chi connectivity index (χ2v) is 6.53. The molecule has 1 aliphatic rings. The molecule has 0 aliphatic carbocycles. The molecule has 0 spiro atoms. The molecule has 1 amide bonds. The number of halogens is 3. The van der Waals surface area contributed by atoms with Crippen molar-refractivity contribution in [3.05, 3.63) is 35.9 Å². The van der Waals surface area contributed by atoms with Crippen LogP contribution in [0.4, 0.5) is 8.78 Å². The predicted molar refractivity (Wildman–Crippen MR) is 87.2 cm³/mol. The molecule has 0 aromatic heterocycles. The van der Waals surface area contributed by atoms with Gasteiger partial charge in [-0.15, -0.1) is 29.6 Å². The van der Waals surface area contributed by atoms with E-state index in [0.29, 0.717) is 29.4 Å². The molecule has 1 aromatic carbocycles. The van der Waals surface area contributed by atoms with E-state index in [-0.39, 0.29) is 38.6 Å². The van der Waals surface area contributed by atoms with Crippen LogP contribution in [0.1, 0.15) is 12.0 Å². The molecule has 0 saturated carbocycles. The van der Waals surface area contributed by atoms with Crippen LogP contribution in [-0.2, 0) is 37.5 Å². The molecule has 0 fully saturated rings. The van der Waals surface area contributed by atoms with E-state index in [2.05, 4.69) is 22.0 Å². The smallest absolute Gasteiger partial charge is 0.256 e. The van der Waals surface area contributed by atoms with Crippen LogP contribution in [0.5, 0.6) is 5.75 Å². The number of carbonyl (C=O) groups is 1. The number of nitrogens with zero attached hydrogens (tertiary/aromatic N) is 1. The van der Waals surface area contributed by atoms with Gasteiger partial charge in [0.05, 0.1) is 11.4 Å². The van der Waals surface area contributed by atoms with Crippen LogP contribution in [0, 0.1) is 6.08 Å². The summed E-state index contributed by atoms with van der Waals surface area (Å²) in [6.45, 7) is -0.631. The van der Waals surface area contributed by atoms with Gasteiger partial charge in [0.25, 0.3) is 6.43 Å². The van der Waals surface area contributed by atoms with Gasteiger partial charge in [0, 0.05) is 32.7 Å². The summed E-state index contributed by atoms with van der Waals surface area (Å²) >= 11 is 4.75. The normalized spacial score (nSPS) is 17.8. The fourth-order valence-electron chi connectivity index (χ4n) is 2.06. The van der Waals surface area contributed by atoms with E-state index in [1.807, 2.05) is 6.26 Å². The van der Waals surface area contributed by atoms with Gasteiger partial charge in [-0.3, -0.25) is 4.79 Å². The second kappa shape index (κ2) is 10.1. The Morgan fingerprint density at radius 2 is 2.09 bits per heavy atom. The average Bonchev–Trinajstić information content (AvgIpc) is 2.50. The Morgan fingerprint density at radius 3 is 2.65 bits per heavy atom. The van der Waals surface area contributed by atoms with Crippen LogP contribution >= 0.6 is 27.7 Å². The molecule has 2 rings (SSSR count). The van der Waals surface area contributed by atoms with Crippen molar-refractivity contribution in [1.29, 1.82) is 0 Å². The van der Waals surface area contributed by atoms with Gasteiger partial charge in [0.2, 0.25) is 5.91 Å². The Labute approximate surface area is 172 Å². The summed E-state index contributed by atoms with van der Waals surface area (Å²) in [6, 6.07) is 7.01. The molecule has 0 N–H and O–H groups in total. The van der Waals surface area contributed by atoms with Crippen molar-refractivity contribution in [3.63, 3.8) is 0 Å². The third kappa shape index (κ3) is 5.80. The Bertz CT molecular complexity index is 557. The SMILES string of the molecule is CSCOc1ccc(C2=[C-]CC(Br)C(=O)N2CC(F)F)cc1.[Y]. The van der Waals surface area contributed by atoms with Gasteiger partial charge in [0.1, 0.15) is 11.7 Å². The molecule has 1 aromatic rings. The molecule has 0 bridgehead atoms. The number of benzene rings is 1. The van der Waals surface area contributed by atoms with Gasteiger partial charge < -0.3 is 9.64 Å². The van der Waals surface area contributed by atoms with E-state index < -0.39 is 17.8 Å². The third-order valence-electron chi connectivity index (χ3n) is 3.04. The van der Waals surface area contributed by atoms with Crippen LogP contribution in [0.25, 0.3) is 5.70 Å². The summed E-state index contributed by atoms with van der Waals surface area (Å²) in [5, 5.41) is 0. The van der Waals surface area contributed by atoms with Crippen molar-refractivity contribution in [2.24, 2.45) is 0 Å². The maximum Gasteiger partial charge on any atom is 0.256 e. The van der Waals surface area contributed by atoms with Crippen LogP contribution in [0.3, 0.4) is 0 Å². The minimum absolute atomic E-state index is 0. The molecule has 1 unspecified atom stereocenters. The molecular weight excluding hydrogens is 465 g/mol. The number of hydrogen-bond acceptors (Lipinski definition) is 3. The first-order valence-corrected chi connectivity index (χ1v) is 8.90. The van der Waals surface area contributed by atoms with Crippen molar-refractivity contribution in [2.45, 2.75) is 17.7 Å². The van der Waals surface area contributed by atoms with Gasteiger partial charge in [0.15, 0.2) is 0 Å². The molecule has 1 aliphatic heterocycles. The number of thioether (sulfide) groups is 1. The monoisotopic (exact) mass is 479 g/mol. The molecule has 3 nitrogen and oxygen atoms in total. The minimum atomic E-state index is -2.59. The topological polar surface area (TPSA) is 29.5 Å². The second-order valence-electron chi connectivity index (χ2n) is 4.61. The molecule has 0 saturated heterocycles. The summed E-state index contributed by atoms with van der Waals surface area (Å²) in [7, 11) is 0. The number of ether oxygens (including phenoxy) is 1. The standard InChI is InChI=1S/C15H15BrF2NO2S.Y/c1-22-9-21-11-4-2-10(3-5-11)13-7-6-12(16)15(20)19(13)8-14(17)18;/h2-5,12,14H,6,8-9H2,1H3;/q-1;. The molecule has 23 heavy (non-hydrogen) atoms. The largest absolute Gasteiger partial charge is 0.483 e. The summed E-state index contributed by atoms with van der Waals surface area (Å²) in [5.41, 5.74) is 1.07. The molecular formula is C15H15BrF2NO2SY-. The Balaban J connectivity index is 0.00000264. The van der Waals surface area contributed by atoms with Gasteiger partial charge in [-0.05, 0) is 18.4 Å². The van der Waals surface area contributed by atoms with Crippen molar-refractivity contribution in [3.8, 4) is 5.75 Å². The Kier molecular flexibility index (Phi) is 9.26. The molecule has 123 valence electrons. The number of carbonyl (C=O) groups excluding carboxylic acids is 1. The average molecular weight is 480 g/mol. The number of alkyl halides is 3. The van der Waals surface area contributed by atoms with Crippen LogP contribution < -0.4 is 4.74 Å². The zero-order chi connectivity index (χ0) is 16.1. The molecule has 1 radical (unpaired) electrons. The first kappa shape index (κ1) is 21.1. The van der Waals surface area contributed by atoms with E-state index in [4.69, 9.17) is 4.74 Å². The van der Waals surface area contributed by atoms with Crippen molar-refractivity contribution >= 4 is 39.3 Å². The fraction of sp³-hybridized carbons (Fsp3) is 0.400. The third-order valence-corrected chi connectivity index (χ3v) is 4.11. The van der Waals surface area contributed by atoms with E-state index in [1.54, 1.807) is 36.0 Å². The van der Waals surface area contributed by atoms with Gasteiger partial charge >= 0.3 is 0 Å². The van der Waals surface area contributed by atoms with Crippen molar-refractivity contribution < 1.29 is 51.0 Å². The molecule has 1 atom stereocenters. The number of rotatable bonds is 6. The fourth-order valence-corrected chi connectivity index (χ4v) is 2.72. The van der Waals surface area contributed by atoms with Crippen LogP contribution in [0.2, 0.25) is 0 Å². The minimum Gasteiger partial charge on any atom is -0.483 e. The van der Waals surface area contributed by atoms with Crippen molar-refractivity contribution in [1.82, 2.24) is 4.90 Å². The molecule has 8 heteroatoms. The number of amides is 1. The van der Waals surface area contributed by atoms with Crippen molar-refractivity contribution in [2.75, 3.05) is 18.7 Å². The molecule has 1 heterocycles. The summed E-state index contributed by atoms with van der Waals surface area (Å²) in [4.78, 5) is 12.7. The zero-order valence-corrected chi connectivity index (χ0v) is 17.7. The first-order chi connectivity index (χ1) is 10.5. The summed E-state index contributed by atoms with van der Waals surface area (Å²) < 4.78 is 30.9. The maximum absolute atomic E-state index is 12.7. The van der Waals surface area contributed by atoms with Crippen LogP contribution in [0.15, 0.2) is 24.3 Å². The van der Waals surface area contributed by atoms with Crippen LogP contribution in [-0.4, -0.2) is 40.8 Å².